The smallest absolute Gasteiger partial charge is 0.304 e. The topological polar surface area (TPSA) is 64.0 Å². The fourth-order valence-corrected chi connectivity index (χ4v) is 3.46. The summed E-state index contributed by atoms with van der Waals surface area (Å²) in [7, 11) is 0. The molecule has 2 heterocycles. The van der Waals surface area contributed by atoms with Crippen LogP contribution in [0.4, 0.5) is 0 Å². The van der Waals surface area contributed by atoms with Gasteiger partial charge in [0.1, 0.15) is 0 Å². The summed E-state index contributed by atoms with van der Waals surface area (Å²) in [6, 6.07) is 4.15. The van der Waals surface area contributed by atoms with Crippen molar-refractivity contribution in [3.05, 3.63) is 22.4 Å². The average molecular weight is 298 g/mol. The maximum atomic E-state index is 11.1. The Labute approximate surface area is 123 Å². The molecule has 2 rings (SSSR count). The van der Waals surface area contributed by atoms with E-state index in [1.54, 1.807) is 11.3 Å². The van der Waals surface area contributed by atoms with Crippen molar-refractivity contribution in [1.82, 2.24) is 9.80 Å². The molecule has 1 aromatic heterocycles. The van der Waals surface area contributed by atoms with Gasteiger partial charge in [-0.2, -0.15) is 0 Å². The molecular formula is C14H22N2O3S. The number of piperazine rings is 1. The zero-order valence-electron chi connectivity index (χ0n) is 11.6. The number of carboxylic acid groups (broad SMARTS) is 1. The third kappa shape index (κ3) is 4.56. The number of carboxylic acids is 1. The number of carbonyl (C=O) groups is 1. The average Bonchev–Trinajstić information content (AvgIpc) is 2.92. The van der Waals surface area contributed by atoms with E-state index in [9.17, 15) is 4.79 Å². The van der Waals surface area contributed by atoms with E-state index >= 15 is 0 Å². The zero-order chi connectivity index (χ0) is 14.4. The van der Waals surface area contributed by atoms with E-state index in [-0.39, 0.29) is 19.1 Å². The van der Waals surface area contributed by atoms with Gasteiger partial charge in [-0.15, -0.1) is 11.3 Å². The van der Waals surface area contributed by atoms with E-state index in [1.807, 2.05) is 11.4 Å². The molecule has 2 N–H and O–H groups in total. The van der Waals surface area contributed by atoms with Gasteiger partial charge in [-0.1, -0.05) is 6.07 Å². The van der Waals surface area contributed by atoms with Crippen molar-refractivity contribution in [2.75, 3.05) is 39.3 Å². The van der Waals surface area contributed by atoms with Crippen LogP contribution in [0.2, 0.25) is 0 Å². The molecule has 1 fully saturated rings. The van der Waals surface area contributed by atoms with Crippen molar-refractivity contribution >= 4 is 17.3 Å². The van der Waals surface area contributed by atoms with Crippen molar-refractivity contribution in [1.29, 1.82) is 0 Å². The predicted octanol–water partition coefficient (Wildman–Crippen LogP) is 0.744. The normalized spacial score (nSPS) is 19.1. The lowest BCUT2D eigenvalue weighted by Gasteiger charge is -2.38. The first-order valence-electron chi connectivity index (χ1n) is 7.00. The number of aliphatic hydroxyl groups is 1. The van der Waals surface area contributed by atoms with Crippen LogP contribution in [-0.2, 0) is 11.2 Å². The molecule has 0 bridgehead atoms. The maximum absolute atomic E-state index is 11.1. The van der Waals surface area contributed by atoms with Crippen LogP contribution < -0.4 is 0 Å². The monoisotopic (exact) mass is 298 g/mol. The van der Waals surface area contributed by atoms with E-state index in [0.717, 1.165) is 32.6 Å². The van der Waals surface area contributed by atoms with Gasteiger partial charge in [-0.3, -0.25) is 14.6 Å². The van der Waals surface area contributed by atoms with Crippen LogP contribution in [0.1, 0.15) is 11.3 Å². The molecular weight excluding hydrogens is 276 g/mol. The SMILES string of the molecule is O=C(O)CC(Cc1cccs1)N1CCN(CCO)CC1. The third-order valence-corrected chi connectivity index (χ3v) is 4.67. The molecule has 0 spiro atoms. The molecule has 1 atom stereocenters. The summed E-state index contributed by atoms with van der Waals surface area (Å²) < 4.78 is 0. The Hall–Kier alpha value is -0.950. The Bertz CT molecular complexity index is 403. The summed E-state index contributed by atoms with van der Waals surface area (Å²) >= 11 is 1.69. The highest BCUT2D eigenvalue weighted by atomic mass is 32.1. The highest BCUT2D eigenvalue weighted by Gasteiger charge is 2.25. The number of hydrogen-bond donors (Lipinski definition) is 2. The Kier molecular flexibility index (Phi) is 5.97. The summed E-state index contributed by atoms with van der Waals surface area (Å²) in [5, 5.41) is 20.1. The highest BCUT2D eigenvalue weighted by Crippen LogP contribution is 2.18. The lowest BCUT2D eigenvalue weighted by Crippen LogP contribution is -2.51. The summed E-state index contributed by atoms with van der Waals surface area (Å²) in [5.74, 6) is -0.732. The van der Waals surface area contributed by atoms with Gasteiger partial charge in [0.25, 0.3) is 0 Å². The van der Waals surface area contributed by atoms with Crippen molar-refractivity contribution in [2.45, 2.75) is 18.9 Å². The zero-order valence-corrected chi connectivity index (χ0v) is 12.4. The molecule has 20 heavy (non-hydrogen) atoms. The number of aliphatic hydroxyl groups excluding tert-OH is 1. The van der Waals surface area contributed by atoms with E-state index in [1.165, 1.54) is 4.88 Å². The molecule has 112 valence electrons. The second-order valence-electron chi connectivity index (χ2n) is 5.14. The highest BCUT2D eigenvalue weighted by molar-refractivity contribution is 7.09. The summed E-state index contributed by atoms with van der Waals surface area (Å²) in [6.45, 7) is 4.46. The Morgan fingerprint density at radius 3 is 2.65 bits per heavy atom. The van der Waals surface area contributed by atoms with Crippen LogP contribution in [0, 0.1) is 0 Å². The Balaban J connectivity index is 1.91. The third-order valence-electron chi connectivity index (χ3n) is 3.77. The minimum atomic E-state index is -0.732. The van der Waals surface area contributed by atoms with Crippen LogP contribution in [0.25, 0.3) is 0 Å². The molecule has 5 nitrogen and oxygen atoms in total. The Morgan fingerprint density at radius 1 is 1.35 bits per heavy atom. The number of β-amino-alcohol motifs (C(OH)–C–C–N with tert-alkyl or cyclic N) is 1. The molecule has 1 saturated heterocycles. The van der Waals surface area contributed by atoms with Crippen LogP contribution >= 0.6 is 11.3 Å². The molecule has 0 radical (unpaired) electrons. The fraction of sp³-hybridized carbons (Fsp3) is 0.643. The van der Waals surface area contributed by atoms with Gasteiger partial charge in [0.15, 0.2) is 0 Å². The minimum absolute atomic E-state index is 0.0717. The van der Waals surface area contributed by atoms with E-state index in [0.29, 0.717) is 6.54 Å². The molecule has 0 amide bonds. The molecule has 0 aliphatic carbocycles. The lowest BCUT2D eigenvalue weighted by molar-refractivity contribution is -0.138. The molecule has 1 aliphatic rings. The fourth-order valence-electron chi connectivity index (χ4n) is 2.69. The van der Waals surface area contributed by atoms with Crippen molar-refractivity contribution in [3.8, 4) is 0 Å². The number of thiophene rings is 1. The first-order chi connectivity index (χ1) is 9.69. The number of hydrogen-bond acceptors (Lipinski definition) is 5. The second kappa shape index (κ2) is 7.73. The summed E-state index contributed by atoms with van der Waals surface area (Å²) in [5.41, 5.74) is 0. The number of nitrogens with zero attached hydrogens (tertiary/aromatic N) is 2. The van der Waals surface area contributed by atoms with E-state index < -0.39 is 5.97 Å². The van der Waals surface area contributed by atoms with Gasteiger partial charge in [-0.25, -0.2) is 0 Å². The van der Waals surface area contributed by atoms with Crippen molar-refractivity contribution in [2.24, 2.45) is 0 Å². The van der Waals surface area contributed by atoms with Gasteiger partial charge in [-0.05, 0) is 17.9 Å². The molecule has 1 unspecified atom stereocenters. The van der Waals surface area contributed by atoms with Crippen LogP contribution in [0.15, 0.2) is 17.5 Å². The van der Waals surface area contributed by atoms with Crippen molar-refractivity contribution in [3.63, 3.8) is 0 Å². The standard InChI is InChI=1S/C14H22N2O3S/c17-8-7-15-3-5-16(6-4-15)12(11-14(18)19)10-13-2-1-9-20-13/h1-2,9,12,17H,3-8,10-11H2,(H,18,19). The quantitative estimate of drug-likeness (QED) is 0.777. The lowest BCUT2D eigenvalue weighted by atomic mass is 10.1. The first-order valence-corrected chi connectivity index (χ1v) is 7.88. The number of aliphatic carboxylic acids is 1. The summed E-state index contributed by atoms with van der Waals surface area (Å²) in [6.07, 6.45) is 1.00. The molecule has 0 saturated carbocycles. The van der Waals surface area contributed by atoms with Gasteiger partial charge in [0.05, 0.1) is 13.0 Å². The molecule has 6 heteroatoms. The maximum Gasteiger partial charge on any atom is 0.304 e. The van der Waals surface area contributed by atoms with E-state index in [4.69, 9.17) is 10.2 Å². The van der Waals surface area contributed by atoms with Gasteiger partial charge in [0, 0.05) is 43.6 Å². The minimum Gasteiger partial charge on any atom is -0.481 e. The predicted molar refractivity (Wildman–Crippen MR) is 79.2 cm³/mol. The molecule has 1 aliphatic heterocycles. The largest absolute Gasteiger partial charge is 0.481 e. The van der Waals surface area contributed by atoms with Crippen LogP contribution in [0.3, 0.4) is 0 Å². The van der Waals surface area contributed by atoms with Gasteiger partial charge < -0.3 is 10.2 Å². The van der Waals surface area contributed by atoms with Gasteiger partial charge in [0.2, 0.25) is 0 Å². The molecule has 1 aromatic rings. The van der Waals surface area contributed by atoms with Crippen LogP contribution in [-0.4, -0.2) is 71.4 Å². The summed E-state index contributed by atoms with van der Waals surface area (Å²) in [4.78, 5) is 16.8. The second-order valence-corrected chi connectivity index (χ2v) is 6.17. The van der Waals surface area contributed by atoms with Gasteiger partial charge >= 0.3 is 5.97 Å². The molecule has 0 aromatic carbocycles. The Morgan fingerprint density at radius 2 is 2.10 bits per heavy atom. The first kappa shape index (κ1) is 15.4. The number of rotatable bonds is 7. The van der Waals surface area contributed by atoms with Crippen LogP contribution in [0.5, 0.6) is 0 Å². The van der Waals surface area contributed by atoms with E-state index in [2.05, 4.69) is 15.9 Å². The van der Waals surface area contributed by atoms with Crippen molar-refractivity contribution < 1.29 is 15.0 Å².